The van der Waals surface area contributed by atoms with Crippen molar-refractivity contribution in [1.82, 2.24) is 10.2 Å². The molecular weight excluding hydrogens is 362 g/mol. The van der Waals surface area contributed by atoms with Gasteiger partial charge in [0, 0.05) is 29.3 Å². The highest BCUT2D eigenvalue weighted by molar-refractivity contribution is 9.10. The van der Waals surface area contributed by atoms with Crippen LogP contribution in [0.1, 0.15) is 19.8 Å². The van der Waals surface area contributed by atoms with Crippen molar-refractivity contribution < 1.29 is 14.3 Å². The third-order valence-corrected chi connectivity index (χ3v) is 4.17. The summed E-state index contributed by atoms with van der Waals surface area (Å²) < 4.78 is 5.91. The molecule has 1 saturated heterocycles. The highest BCUT2D eigenvalue weighted by atomic mass is 79.9. The van der Waals surface area contributed by atoms with Crippen molar-refractivity contribution in [2.75, 3.05) is 31.6 Å². The third-order valence-electron chi connectivity index (χ3n) is 3.68. The second-order valence-electron chi connectivity index (χ2n) is 5.40. The Morgan fingerprint density at radius 3 is 2.74 bits per heavy atom. The van der Waals surface area contributed by atoms with Crippen molar-refractivity contribution >= 4 is 33.6 Å². The molecule has 0 unspecified atom stereocenters. The van der Waals surface area contributed by atoms with E-state index in [1.54, 1.807) is 11.8 Å². The summed E-state index contributed by atoms with van der Waals surface area (Å²) in [7, 11) is 0. The second kappa shape index (κ2) is 8.88. The lowest BCUT2D eigenvalue weighted by atomic mass is 10.1. The first-order valence-electron chi connectivity index (χ1n) is 7.79. The monoisotopic (exact) mass is 383 g/mol. The van der Waals surface area contributed by atoms with Crippen LogP contribution >= 0.6 is 15.9 Å². The Morgan fingerprint density at radius 2 is 2.09 bits per heavy atom. The smallest absolute Gasteiger partial charge is 0.409 e. The number of anilines is 1. The molecule has 0 spiro atoms. The number of halogens is 1. The number of nitrogens with zero attached hydrogens (tertiary/aromatic N) is 1. The van der Waals surface area contributed by atoms with Gasteiger partial charge in [0.25, 0.3) is 0 Å². The number of hydrogen-bond acceptors (Lipinski definition) is 4. The molecule has 0 bridgehead atoms. The summed E-state index contributed by atoms with van der Waals surface area (Å²) in [4.78, 5) is 25.3. The molecule has 2 N–H and O–H groups in total. The van der Waals surface area contributed by atoms with Gasteiger partial charge in [-0.3, -0.25) is 4.79 Å². The Kier molecular flexibility index (Phi) is 6.85. The van der Waals surface area contributed by atoms with Gasteiger partial charge in [-0.2, -0.15) is 0 Å². The highest BCUT2D eigenvalue weighted by Crippen LogP contribution is 2.15. The highest BCUT2D eigenvalue weighted by Gasteiger charge is 2.23. The molecule has 1 fully saturated rings. The molecule has 2 rings (SSSR count). The topological polar surface area (TPSA) is 70.7 Å². The van der Waals surface area contributed by atoms with Crippen molar-refractivity contribution in [3.63, 3.8) is 0 Å². The SMILES string of the molecule is CCOC(=O)N1CCC(NCC(=O)Nc2cccc(Br)c2)CC1. The molecule has 6 nitrogen and oxygen atoms in total. The zero-order valence-corrected chi connectivity index (χ0v) is 14.8. The molecular formula is C16H22BrN3O3. The van der Waals surface area contributed by atoms with Gasteiger partial charge in [0.1, 0.15) is 0 Å². The van der Waals surface area contributed by atoms with Gasteiger partial charge in [-0.05, 0) is 38.0 Å². The lowest BCUT2D eigenvalue weighted by Crippen LogP contribution is -2.46. The number of amides is 2. The first-order valence-corrected chi connectivity index (χ1v) is 8.58. The van der Waals surface area contributed by atoms with Gasteiger partial charge >= 0.3 is 6.09 Å². The first kappa shape index (κ1) is 17.7. The summed E-state index contributed by atoms with van der Waals surface area (Å²) >= 11 is 3.37. The third kappa shape index (κ3) is 5.84. The fourth-order valence-electron chi connectivity index (χ4n) is 2.49. The molecule has 1 aromatic carbocycles. The number of carbonyl (C=O) groups is 2. The van der Waals surface area contributed by atoms with Crippen LogP contribution in [0.2, 0.25) is 0 Å². The number of nitrogens with one attached hydrogen (secondary N) is 2. The number of hydrogen-bond donors (Lipinski definition) is 2. The molecule has 7 heteroatoms. The standard InChI is InChI=1S/C16H22BrN3O3/c1-2-23-16(22)20-8-6-13(7-9-20)18-11-15(21)19-14-5-3-4-12(17)10-14/h3-5,10,13,18H,2,6-9,11H2,1H3,(H,19,21). The van der Waals surface area contributed by atoms with Gasteiger partial charge < -0.3 is 20.3 Å². The number of benzene rings is 1. The Hall–Kier alpha value is -1.60. The van der Waals surface area contributed by atoms with Crippen molar-refractivity contribution in [2.45, 2.75) is 25.8 Å². The van der Waals surface area contributed by atoms with Crippen LogP contribution in [0.5, 0.6) is 0 Å². The molecule has 1 aromatic rings. The van der Waals surface area contributed by atoms with Gasteiger partial charge in [0.2, 0.25) is 5.91 Å². The Balaban J connectivity index is 1.69. The van der Waals surface area contributed by atoms with Crippen LogP contribution < -0.4 is 10.6 Å². The van der Waals surface area contributed by atoms with Crippen LogP contribution in [-0.2, 0) is 9.53 Å². The molecule has 23 heavy (non-hydrogen) atoms. The Morgan fingerprint density at radius 1 is 1.35 bits per heavy atom. The van der Waals surface area contributed by atoms with Crippen LogP contribution in [-0.4, -0.2) is 49.2 Å². The summed E-state index contributed by atoms with van der Waals surface area (Å²) in [5, 5.41) is 6.10. The average molecular weight is 384 g/mol. The van der Waals surface area contributed by atoms with Crippen LogP contribution in [0.15, 0.2) is 28.7 Å². The van der Waals surface area contributed by atoms with E-state index in [9.17, 15) is 9.59 Å². The zero-order valence-electron chi connectivity index (χ0n) is 13.2. The molecule has 0 radical (unpaired) electrons. The van der Waals surface area contributed by atoms with E-state index < -0.39 is 0 Å². The number of likely N-dealkylation sites (tertiary alicyclic amines) is 1. The minimum atomic E-state index is -0.252. The minimum Gasteiger partial charge on any atom is -0.450 e. The lowest BCUT2D eigenvalue weighted by molar-refractivity contribution is -0.115. The molecule has 2 amide bonds. The average Bonchev–Trinajstić information content (AvgIpc) is 2.54. The van der Waals surface area contributed by atoms with E-state index in [2.05, 4.69) is 26.6 Å². The summed E-state index contributed by atoms with van der Waals surface area (Å²) in [6.45, 7) is 3.77. The Labute approximate surface area is 144 Å². The molecule has 0 aliphatic carbocycles. The van der Waals surface area contributed by atoms with Gasteiger partial charge in [-0.1, -0.05) is 22.0 Å². The van der Waals surface area contributed by atoms with Crippen molar-refractivity contribution in [3.05, 3.63) is 28.7 Å². The molecule has 0 atom stereocenters. The normalized spacial score (nSPS) is 15.3. The van der Waals surface area contributed by atoms with Crippen LogP contribution in [0.25, 0.3) is 0 Å². The fourth-order valence-corrected chi connectivity index (χ4v) is 2.89. The Bertz CT molecular complexity index is 545. The van der Waals surface area contributed by atoms with E-state index in [0.717, 1.165) is 23.0 Å². The number of ether oxygens (including phenoxy) is 1. The molecule has 1 aliphatic heterocycles. The number of rotatable bonds is 5. The zero-order chi connectivity index (χ0) is 16.7. The molecule has 126 valence electrons. The summed E-state index contributed by atoms with van der Waals surface area (Å²) in [6.07, 6.45) is 1.39. The van der Waals surface area contributed by atoms with Gasteiger partial charge in [0.05, 0.1) is 13.2 Å². The fraction of sp³-hybridized carbons (Fsp3) is 0.500. The summed E-state index contributed by atoms with van der Waals surface area (Å²) in [5.41, 5.74) is 0.767. The van der Waals surface area contributed by atoms with Gasteiger partial charge in [-0.15, -0.1) is 0 Å². The number of piperidine rings is 1. The van der Waals surface area contributed by atoms with Crippen molar-refractivity contribution in [2.24, 2.45) is 0 Å². The molecule has 1 aliphatic rings. The van der Waals surface area contributed by atoms with Crippen molar-refractivity contribution in [1.29, 1.82) is 0 Å². The van der Waals surface area contributed by atoms with Gasteiger partial charge in [-0.25, -0.2) is 4.79 Å². The van der Waals surface area contributed by atoms with Crippen molar-refractivity contribution in [3.8, 4) is 0 Å². The van der Waals surface area contributed by atoms with E-state index >= 15 is 0 Å². The first-order chi connectivity index (χ1) is 11.1. The van der Waals surface area contributed by atoms with E-state index in [0.29, 0.717) is 19.7 Å². The quantitative estimate of drug-likeness (QED) is 0.819. The summed E-state index contributed by atoms with van der Waals surface area (Å²) in [5.74, 6) is -0.0732. The molecule has 0 saturated carbocycles. The maximum Gasteiger partial charge on any atom is 0.409 e. The largest absolute Gasteiger partial charge is 0.450 e. The summed E-state index contributed by atoms with van der Waals surface area (Å²) in [6, 6.07) is 7.73. The predicted octanol–water partition coefficient (Wildman–Crippen LogP) is 2.60. The molecule has 0 aromatic heterocycles. The maximum atomic E-state index is 12.0. The van der Waals surface area contributed by atoms with E-state index in [1.165, 1.54) is 0 Å². The maximum absolute atomic E-state index is 12.0. The predicted molar refractivity (Wildman–Crippen MR) is 92.4 cm³/mol. The van der Waals surface area contributed by atoms with Crippen LogP contribution in [0.4, 0.5) is 10.5 Å². The van der Waals surface area contributed by atoms with Gasteiger partial charge in [0.15, 0.2) is 0 Å². The lowest BCUT2D eigenvalue weighted by Gasteiger charge is -2.31. The minimum absolute atomic E-state index is 0.0732. The van der Waals surface area contributed by atoms with E-state index in [-0.39, 0.29) is 24.6 Å². The van der Waals surface area contributed by atoms with E-state index in [4.69, 9.17) is 4.74 Å². The molecule has 1 heterocycles. The van der Waals surface area contributed by atoms with Crippen LogP contribution in [0, 0.1) is 0 Å². The van der Waals surface area contributed by atoms with Crippen LogP contribution in [0.3, 0.4) is 0 Å². The number of carbonyl (C=O) groups excluding carboxylic acids is 2. The second-order valence-corrected chi connectivity index (χ2v) is 6.32. The van der Waals surface area contributed by atoms with E-state index in [1.807, 2.05) is 24.3 Å².